The molecule has 7 heteroatoms. The smallest absolute Gasteiger partial charge is 0.408 e. The van der Waals surface area contributed by atoms with Crippen LogP contribution in [0.4, 0.5) is 4.79 Å². The van der Waals surface area contributed by atoms with E-state index in [0.29, 0.717) is 12.3 Å². The second-order valence-corrected chi connectivity index (χ2v) is 13.4. The second kappa shape index (κ2) is 16.2. The molecule has 3 amide bonds. The molecule has 2 N–H and O–H groups in total. The molecule has 0 saturated heterocycles. The lowest BCUT2D eigenvalue weighted by atomic mass is 9.92. The lowest BCUT2D eigenvalue weighted by Gasteiger charge is -2.40. The molecule has 4 unspecified atom stereocenters. The van der Waals surface area contributed by atoms with Crippen molar-refractivity contribution in [1.29, 1.82) is 0 Å². The second-order valence-electron chi connectivity index (χ2n) is 13.4. The normalized spacial score (nSPS) is 17.3. The van der Waals surface area contributed by atoms with Gasteiger partial charge in [-0.1, -0.05) is 84.6 Å². The molecule has 0 spiro atoms. The Morgan fingerprint density at radius 2 is 1.56 bits per heavy atom. The first-order chi connectivity index (χ1) is 19.3. The van der Waals surface area contributed by atoms with E-state index < -0.39 is 23.8 Å². The monoisotopic (exact) mass is 571 g/mol. The molecule has 2 rings (SSSR count). The fourth-order valence-electron chi connectivity index (χ4n) is 5.49. The number of carbonyl (C=O) groups is 3. The van der Waals surface area contributed by atoms with Crippen LogP contribution in [0.3, 0.4) is 0 Å². The zero-order chi connectivity index (χ0) is 30.7. The number of nitrogens with zero attached hydrogens (tertiary/aromatic N) is 1. The summed E-state index contributed by atoms with van der Waals surface area (Å²) in [5.74, 6) is -0.0896. The van der Waals surface area contributed by atoms with Gasteiger partial charge in [0.25, 0.3) is 0 Å². The maximum Gasteiger partial charge on any atom is 0.408 e. The predicted molar refractivity (Wildman–Crippen MR) is 167 cm³/mol. The van der Waals surface area contributed by atoms with E-state index in [4.69, 9.17) is 4.74 Å². The number of aryl methyl sites for hydroxylation is 1. The minimum atomic E-state index is -0.823. The molecule has 0 aliphatic heterocycles. The van der Waals surface area contributed by atoms with E-state index in [1.54, 1.807) is 25.7 Å². The fraction of sp³-hybridized carbons (Fsp3) is 0.735. The quantitative estimate of drug-likeness (QED) is 0.259. The number of amides is 3. The van der Waals surface area contributed by atoms with Crippen LogP contribution in [0.25, 0.3) is 0 Å². The third kappa shape index (κ3) is 11.0. The SMILES string of the molecule is CCc1ccc(C(C(=O)NC2CCCCC2)N(C(=O)C(NC(=O)OC(C)(C)C)C(C)CC)C(C)CCC(C)C)cc1. The van der Waals surface area contributed by atoms with Crippen molar-refractivity contribution in [2.45, 2.75) is 150 Å². The highest BCUT2D eigenvalue weighted by molar-refractivity contribution is 5.92. The molecule has 0 bridgehead atoms. The van der Waals surface area contributed by atoms with Gasteiger partial charge in [-0.25, -0.2) is 4.79 Å². The highest BCUT2D eigenvalue weighted by Crippen LogP contribution is 2.30. The standard InChI is InChI=1S/C34H57N3O4/c1-10-24(5)29(36-33(40)41-34(7,8)9)32(39)37(25(6)18-17-23(3)4)30(27-21-19-26(11-2)20-22-27)31(38)35-28-15-13-12-14-16-28/h19-25,28-30H,10-18H2,1-9H3,(H,35,38)(H,36,40). The Balaban J connectivity index is 2.58. The topological polar surface area (TPSA) is 87.7 Å². The number of carbonyl (C=O) groups excluding carboxylic acids is 3. The fourth-order valence-corrected chi connectivity index (χ4v) is 5.49. The van der Waals surface area contributed by atoms with Gasteiger partial charge in [0.2, 0.25) is 11.8 Å². The Kier molecular flexibility index (Phi) is 13.7. The summed E-state index contributed by atoms with van der Waals surface area (Å²) in [6.07, 6.45) is 7.94. The first kappa shape index (κ1) is 34.6. The van der Waals surface area contributed by atoms with Crippen molar-refractivity contribution in [2.24, 2.45) is 11.8 Å². The third-order valence-corrected chi connectivity index (χ3v) is 8.22. The first-order valence-electron chi connectivity index (χ1n) is 16.0. The maximum absolute atomic E-state index is 14.6. The average molecular weight is 572 g/mol. The number of ether oxygens (including phenoxy) is 1. The highest BCUT2D eigenvalue weighted by Gasteiger charge is 2.40. The van der Waals surface area contributed by atoms with Gasteiger partial charge in [0.05, 0.1) is 0 Å². The maximum atomic E-state index is 14.6. The molecular formula is C34H57N3O4. The lowest BCUT2D eigenvalue weighted by Crippen LogP contribution is -2.58. The predicted octanol–water partition coefficient (Wildman–Crippen LogP) is 7.33. The number of hydrogen-bond donors (Lipinski definition) is 2. The van der Waals surface area contributed by atoms with E-state index >= 15 is 0 Å². The van der Waals surface area contributed by atoms with Crippen LogP contribution in [0.5, 0.6) is 0 Å². The van der Waals surface area contributed by atoms with Crippen molar-refractivity contribution in [3.05, 3.63) is 35.4 Å². The van der Waals surface area contributed by atoms with E-state index in [-0.39, 0.29) is 29.8 Å². The molecule has 41 heavy (non-hydrogen) atoms. The van der Waals surface area contributed by atoms with Crippen molar-refractivity contribution in [3.8, 4) is 0 Å². The van der Waals surface area contributed by atoms with Crippen LogP contribution in [-0.2, 0) is 20.7 Å². The summed E-state index contributed by atoms with van der Waals surface area (Å²) < 4.78 is 5.55. The third-order valence-electron chi connectivity index (χ3n) is 8.22. The van der Waals surface area contributed by atoms with Gasteiger partial charge < -0.3 is 20.3 Å². The zero-order valence-electron chi connectivity index (χ0n) is 27.2. The van der Waals surface area contributed by atoms with E-state index in [9.17, 15) is 14.4 Å². The van der Waals surface area contributed by atoms with E-state index in [1.165, 1.54) is 12.0 Å². The molecule has 1 aliphatic rings. The number of alkyl carbamates (subject to hydrolysis) is 1. The van der Waals surface area contributed by atoms with Gasteiger partial charge in [0, 0.05) is 12.1 Å². The van der Waals surface area contributed by atoms with E-state index in [2.05, 4.69) is 31.4 Å². The number of hydrogen-bond acceptors (Lipinski definition) is 4. The van der Waals surface area contributed by atoms with Crippen LogP contribution >= 0.6 is 0 Å². The Morgan fingerprint density at radius 1 is 0.951 bits per heavy atom. The van der Waals surface area contributed by atoms with Crippen molar-refractivity contribution in [3.63, 3.8) is 0 Å². The van der Waals surface area contributed by atoms with Gasteiger partial charge >= 0.3 is 6.09 Å². The summed E-state index contributed by atoms with van der Waals surface area (Å²) in [6.45, 7) is 17.8. The Bertz CT molecular complexity index is 963. The van der Waals surface area contributed by atoms with Gasteiger partial charge in [0.1, 0.15) is 17.7 Å². The highest BCUT2D eigenvalue weighted by atomic mass is 16.6. The molecule has 1 aliphatic carbocycles. The number of nitrogens with one attached hydrogen (secondary N) is 2. The minimum absolute atomic E-state index is 0.113. The molecule has 1 aromatic carbocycles. The van der Waals surface area contributed by atoms with Gasteiger partial charge in [-0.3, -0.25) is 9.59 Å². The largest absolute Gasteiger partial charge is 0.444 e. The van der Waals surface area contributed by atoms with Crippen LogP contribution in [0.2, 0.25) is 0 Å². The van der Waals surface area contributed by atoms with Gasteiger partial charge in [0.15, 0.2) is 0 Å². The summed E-state index contributed by atoms with van der Waals surface area (Å²) in [5.41, 5.74) is 1.27. The Hall–Kier alpha value is -2.57. The molecule has 232 valence electrons. The zero-order valence-corrected chi connectivity index (χ0v) is 27.2. The summed E-state index contributed by atoms with van der Waals surface area (Å²) in [4.78, 5) is 43.5. The molecule has 1 aromatic rings. The molecular weight excluding hydrogens is 514 g/mol. The molecule has 0 radical (unpaired) electrons. The lowest BCUT2D eigenvalue weighted by molar-refractivity contribution is -0.146. The molecule has 0 aromatic heterocycles. The molecule has 1 saturated carbocycles. The van der Waals surface area contributed by atoms with Gasteiger partial charge in [-0.15, -0.1) is 0 Å². The van der Waals surface area contributed by atoms with Crippen molar-refractivity contribution >= 4 is 17.9 Å². The van der Waals surface area contributed by atoms with E-state index in [1.807, 2.05) is 45.0 Å². The van der Waals surface area contributed by atoms with Crippen LogP contribution in [0.15, 0.2) is 24.3 Å². The van der Waals surface area contributed by atoms with Gasteiger partial charge in [-0.2, -0.15) is 0 Å². The van der Waals surface area contributed by atoms with Crippen LogP contribution in [-0.4, -0.2) is 46.5 Å². The Morgan fingerprint density at radius 3 is 2.07 bits per heavy atom. The first-order valence-corrected chi connectivity index (χ1v) is 16.0. The van der Waals surface area contributed by atoms with Crippen LogP contribution in [0, 0.1) is 11.8 Å². The summed E-state index contributed by atoms with van der Waals surface area (Å²) in [6, 6.07) is 6.33. The Labute approximate surface area is 249 Å². The van der Waals surface area contributed by atoms with Gasteiger partial charge in [-0.05, 0) is 82.8 Å². The number of rotatable bonds is 13. The summed E-state index contributed by atoms with van der Waals surface area (Å²) in [5, 5.41) is 6.20. The molecule has 4 atom stereocenters. The molecule has 0 heterocycles. The minimum Gasteiger partial charge on any atom is -0.444 e. The van der Waals surface area contributed by atoms with Crippen LogP contribution < -0.4 is 10.6 Å². The molecule has 7 nitrogen and oxygen atoms in total. The van der Waals surface area contributed by atoms with Crippen molar-refractivity contribution < 1.29 is 19.1 Å². The van der Waals surface area contributed by atoms with Crippen molar-refractivity contribution in [1.82, 2.24) is 15.5 Å². The van der Waals surface area contributed by atoms with Crippen molar-refractivity contribution in [2.75, 3.05) is 0 Å². The van der Waals surface area contributed by atoms with Crippen LogP contribution in [0.1, 0.15) is 131 Å². The molecule has 1 fully saturated rings. The summed E-state index contributed by atoms with van der Waals surface area (Å²) >= 11 is 0. The number of benzene rings is 1. The van der Waals surface area contributed by atoms with E-state index in [0.717, 1.165) is 50.5 Å². The summed E-state index contributed by atoms with van der Waals surface area (Å²) in [7, 11) is 0. The average Bonchev–Trinajstić information content (AvgIpc) is 2.92.